The van der Waals surface area contributed by atoms with Crippen LogP contribution < -0.4 is 0 Å². The molecule has 1 aliphatic heterocycles. The van der Waals surface area contributed by atoms with Crippen molar-refractivity contribution >= 4 is 20.6 Å². The third-order valence-electron chi connectivity index (χ3n) is 2.28. The quantitative estimate of drug-likeness (QED) is 0.611. The lowest BCUT2D eigenvalue weighted by Gasteiger charge is -2.02. The van der Waals surface area contributed by atoms with Crippen LogP contribution in [0.5, 0.6) is 0 Å². The Hall–Kier alpha value is -1.33. The molecule has 16 heavy (non-hydrogen) atoms. The van der Waals surface area contributed by atoms with Crippen LogP contribution in [-0.2, 0) is 27.1 Å². The molecule has 0 bridgehead atoms. The minimum absolute atomic E-state index is 0.169. The Morgan fingerprint density at radius 2 is 2.00 bits per heavy atom. The molecule has 1 heterocycles. The van der Waals surface area contributed by atoms with Crippen molar-refractivity contribution in [1.82, 2.24) is 0 Å². The molecule has 1 unspecified atom stereocenters. The number of benzene rings is 1. The molecule has 0 amide bonds. The molecule has 0 aliphatic carbocycles. The first-order valence-electron chi connectivity index (χ1n) is 4.69. The summed E-state index contributed by atoms with van der Waals surface area (Å²) in [7, 11) is -0.521. The Balaban J connectivity index is 2.31. The zero-order valence-electron chi connectivity index (χ0n) is 8.33. The fourth-order valence-corrected chi connectivity index (χ4v) is 3.18. The molecular weight excluding hydrogens is 242 g/mol. The second-order valence-electron chi connectivity index (χ2n) is 3.33. The fraction of sp³-hybridized carbons (Fsp3) is 0.0909. The Morgan fingerprint density at radius 3 is 2.62 bits per heavy atom. The average molecular weight is 251 g/mol. The van der Waals surface area contributed by atoms with E-state index in [0.717, 1.165) is 10.5 Å². The molecule has 0 saturated carbocycles. The van der Waals surface area contributed by atoms with Gasteiger partial charge in [0.1, 0.15) is 0 Å². The van der Waals surface area contributed by atoms with Crippen LogP contribution in [0.4, 0.5) is 0 Å². The van der Waals surface area contributed by atoms with Crippen molar-refractivity contribution in [2.75, 3.05) is 0 Å². The van der Waals surface area contributed by atoms with E-state index < -0.39 is 9.45 Å². The molecule has 5 heteroatoms. The van der Waals surface area contributed by atoms with E-state index >= 15 is 0 Å². The van der Waals surface area contributed by atoms with Gasteiger partial charge in [0.05, 0.1) is 9.83 Å². The molecule has 1 aromatic rings. The molecular formula is C11H9NO2S2. The van der Waals surface area contributed by atoms with E-state index in [0.29, 0.717) is 6.42 Å². The second kappa shape index (κ2) is 4.67. The third kappa shape index (κ3) is 2.25. The Labute approximate surface area is 100 Å². The first kappa shape index (κ1) is 11.2. The van der Waals surface area contributed by atoms with Crippen LogP contribution in [0.15, 0.2) is 52.4 Å². The van der Waals surface area contributed by atoms with Crippen molar-refractivity contribution in [2.24, 2.45) is 0 Å². The van der Waals surface area contributed by atoms with Gasteiger partial charge in [0.25, 0.3) is 5.70 Å². The summed E-state index contributed by atoms with van der Waals surface area (Å²) in [5, 5.41) is 12.5. The zero-order chi connectivity index (χ0) is 11.5. The van der Waals surface area contributed by atoms with Crippen molar-refractivity contribution < 1.29 is 4.92 Å². The van der Waals surface area contributed by atoms with Gasteiger partial charge in [-0.2, -0.15) is 0 Å². The van der Waals surface area contributed by atoms with Gasteiger partial charge in [0.15, 0.2) is 0 Å². The average Bonchev–Trinajstić information content (AvgIpc) is 2.62. The molecule has 0 N–H and O–H groups in total. The van der Waals surface area contributed by atoms with Crippen LogP contribution in [0.1, 0.15) is 5.56 Å². The molecule has 1 aromatic carbocycles. The maximum absolute atomic E-state index is 10.8. The maximum atomic E-state index is 10.8. The van der Waals surface area contributed by atoms with Crippen molar-refractivity contribution in [3.63, 3.8) is 0 Å². The summed E-state index contributed by atoms with van der Waals surface area (Å²) in [5.74, 6) is 0. The Bertz CT molecular complexity index is 506. The summed E-state index contributed by atoms with van der Waals surface area (Å²) < 4.78 is 0. The van der Waals surface area contributed by atoms with Gasteiger partial charge in [-0.3, -0.25) is 10.1 Å². The lowest BCUT2D eigenvalue weighted by atomic mass is 10.1. The van der Waals surface area contributed by atoms with Crippen molar-refractivity contribution in [1.29, 1.82) is 0 Å². The first-order valence-corrected chi connectivity index (χ1v) is 6.90. The van der Waals surface area contributed by atoms with E-state index in [2.05, 4.69) is 0 Å². The lowest BCUT2D eigenvalue weighted by molar-refractivity contribution is -0.419. The SMILES string of the molecule is O=[N+]([O-])C1=C(Cc2ccccc2)S(=S)C=C1. The van der Waals surface area contributed by atoms with Crippen molar-refractivity contribution in [3.05, 3.63) is 68.1 Å². The highest BCUT2D eigenvalue weighted by atomic mass is 32.8. The second-order valence-corrected chi connectivity index (χ2v) is 5.77. The van der Waals surface area contributed by atoms with E-state index in [9.17, 15) is 10.1 Å². The molecule has 1 atom stereocenters. The van der Waals surface area contributed by atoms with Gasteiger partial charge >= 0.3 is 0 Å². The van der Waals surface area contributed by atoms with Crippen LogP contribution in [0.3, 0.4) is 0 Å². The van der Waals surface area contributed by atoms with E-state index in [4.69, 9.17) is 11.2 Å². The van der Waals surface area contributed by atoms with Crippen LogP contribution in [0.2, 0.25) is 0 Å². The minimum atomic E-state index is -0.521. The molecule has 3 nitrogen and oxygen atoms in total. The van der Waals surface area contributed by atoms with Crippen LogP contribution >= 0.6 is 0 Å². The minimum Gasteiger partial charge on any atom is -0.258 e. The predicted octanol–water partition coefficient (Wildman–Crippen LogP) is 2.32. The molecule has 0 radical (unpaired) electrons. The van der Waals surface area contributed by atoms with Crippen molar-refractivity contribution in [3.8, 4) is 0 Å². The van der Waals surface area contributed by atoms with Gasteiger partial charge in [0.2, 0.25) is 0 Å². The van der Waals surface area contributed by atoms with Crippen LogP contribution in [0, 0.1) is 10.1 Å². The van der Waals surface area contributed by atoms with Gasteiger partial charge in [-0.25, -0.2) is 0 Å². The highest BCUT2D eigenvalue weighted by Gasteiger charge is 2.22. The van der Waals surface area contributed by atoms with Gasteiger partial charge in [-0.1, -0.05) is 39.8 Å². The summed E-state index contributed by atoms with van der Waals surface area (Å²) in [5.41, 5.74) is 1.23. The number of nitro groups is 1. The van der Waals surface area contributed by atoms with Crippen LogP contribution in [0.25, 0.3) is 0 Å². The highest BCUT2D eigenvalue weighted by Crippen LogP contribution is 2.24. The topological polar surface area (TPSA) is 43.1 Å². The molecule has 0 saturated heterocycles. The fourth-order valence-electron chi connectivity index (χ4n) is 1.51. The predicted molar refractivity (Wildman–Crippen MR) is 68.0 cm³/mol. The van der Waals surface area contributed by atoms with E-state index in [1.54, 1.807) is 5.41 Å². The number of hydrogen-bond donors (Lipinski definition) is 0. The number of nitrogens with zero attached hydrogens (tertiary/aromatic N) is 1. The zero-order valence-corrected chi connectivity index (χ0v) is 9.96. The Kier molecular flexibility index (Phi) is 3.26. The summed E-state index contributed by atoms with van der Waals surface area (Å²) in [6.07, 6.45) is 2.09. The standard InChI is InChI=1S/C11H9NO2S2/c13-12(14)10-6-7-16(15)11(10)8-9-4-2-1-3-5-9/h1-7H,8H2. The molecule has 0 aromatic heterocycles. The van der Waals surface area contributed by atoms with E-state index in [1.807, 2.05) is 30.3 Å². The smallest absolute Gasteiger partial charge is 0.258 e. The normalized spacial score (nSPS) is 19.1. The summed E-state index contributed by atoms with van der Waals surface area (Å²) in [6, 6.07) is 9.68. The van der Waals surface area contributed by atoms with Gasteiger partial charge in [0, 0.05) is 12.5 Å². The molecule has 82 valence electrons. The summed E-state index contributed by atoms with van der Waals surface area (Å²) in [4.78, 5) is 11.2. The maximum Gasteiger partial charge on any atom is 0.280 e. The van der Waals surface area contributed by atoms with E-state index in [-0.39, 0.29) is 10.6 Å². The summed E-state index contributed by atoms with van der Waals surface area (Å²) in [6.45, 7) is 0. The monoisotopic (exact) mass is 251 g/mol. The molecule has 0 spiro atoms. The third-order valence-corrected chi connectivity index (χ3v) is 4.44. The molecule has 0 fully saturated rings. The number of hydrogen-bond acceptors (Lipinski definition) is 3. The Morgan fingerprint density at radius 1 is 1.31 bits per heavy atom. The largest absolute Gasteiger partial charge is 0.280 e. The molecule has 2 rings (SSSR count). The highest BCUT2D eigenvalue weighted by molar-refractivity contribution is 8.32. The van der Waals surface area contributed by atoms with Gasteiger partial charge < -0.3 is 0 Å². The summed E-state index contributed by atoms with van der Waals surface area (Å²) >= 11 is 5.20. The number of allylic oxidation sites excluding steroid dienone is 2. The van der Waals surface area contributed by atoms with Gasteiger partial charge in [-0.05, 0) is 22.2 Å². The lowest BCUT2D eigenvalue weighted by Crippen LogP contribution is -2.02. The van der Waals surface area contributed by atoms with Crippen LogP contribution in [-0.4, -0.2) is 4.92 Å². The van der Waals surface area contributed by atoms with Crippen molar-refractivity contribution in [2.45, 2.75) is 6.42 Å². The van der Waals surface area contributed by atoms with Gasteiger partial charge in [-0.15, -0.1) is 0 Å². The molecule has 1 aliphatic rings. The van der Waals surface area contributed by atoms with E-state index in [1.165, 1.54) is 6.08 Å². The number of rotatable bonds is 3. The first-order chi connectivity index (χ1) is 7.68.